The third-order valence-electron chi connectivity index (χ3n) is 3.35. The Kier molecular flexibility index (Phi) is 4.81. The number of nitro benzene ring substituents is 1. The molecule has 0 radical (unpaired) electrons. The van der Waals surface area contributed by atoms with Crippen molar-refractivity contribution in [3.05, 3.63) is 70.6 Å². The summed E-state index contributed by atoms with van der Waals surface area (Å²) in [6, 6.07) is 15.9. The SMILES string of the molecule is O=[N+]([O-])c1ccccc1OCCCc1nc(-c2ccccc2)no1. The number of aryl methyl sites for hydroxylation is 1. The van der Waals surface area contributed by atoms with Crippen molar-refractivity contribution >= 4 is 5.69 Å². The van der Waals surface area contributed by atoms with Crippen molar-refractivity contribution in [3.8, 4) is 17.1 Å². The number of nitro groups is 1. The molecule has 0 saturated carbocycles. The van der Waals surface area contributed by atoms with Crippen LogP contribution in [-0.4, -0.2) is 21.7 Å². The van der Waals surface area contributed by atoms with Crippen LogP contribution in [0.1, 0.15) is 12.3 Å². The lowest BCUT2D eigenvalue weighted by atomic mass is 10.2. The van der Waals surface area contributed by atoms with Crippen molar-refractivity contribution in [1.82, 2.24) is 10.1 Å². The van der Waals surface area contributed by atoms with Crippen molar-refractivity contribution in [3.63, 3.8) is 0 Å². The largest absolute Gasteiger partial charge is 0.487 e. The molecule has 3 rings (SSSR count). The van der Waals surface area contributed by atoms with Crippen LogP contribution in [0, 0.1) is 10.1 Å². The second-order valence-corrected chi connectivity index (χ2v) is 5.05. The highest BCUT2D eigenvalue weighted by Gasteiger charge is 2.13. The molecular formula is C17H15N3O4. The molecule has 0 aliphatic carbocycles. The summed E-state index contributed by atoms with van der Waals surface area (Å²) >= 11 is 0. The Bertz CT molecular complexity index is 817. The molecule has 24 heavy (non-hydrogen) atoms. The van der Waals surface area contributed by atoms with Gasteiger partial charge < -0.3 is 9.26 Å². The molecule has 122 valence electrons. The van der Waals surface area contributed by atoms with Gasteiger partial charge in [-0.1, -0.05) is 47.6 Å². The molecule has 0 bridgehead atoms. The zero-order valence-corrected chi connectivity index (χ0v) is 12.8. The number of rotatable bonds is 7. The molecule has 2 aromatic carbocycles. The average Bonchev–Trinajstić information content (AvgIpc) is 3.09. The lowest BCUT2D eigenvalue weighted by Gasteiger charge is -2.05. The third-order valence-corrected chi connectivity index (χ3v) is 3.35. The normalized spacial score (nSPS) is 10.5. The van der Waals surface area contributed by atoms with Crippen molar-refractivity contribution in [2.24, 2.45) is 0 Å². The van der Waals surface area contributed by atoms with Gasteiger partial charge in [0.2, 0.25) is 11.7 Å². The molecule has 0 aliphatic rings. The van der Waals surface area contributed by atoms with E-state index in [2.05, 4.69) is 10.1 Å². The second kappa shape index (κ2) is 7.36. The Morgan fingerprint density at radius 2 is 1.83 bits per heavy atom. The smallest absolute Gasteiger partial charge is 0.310 e. The fourth-order valence-corrected chi connectivity index (χ4v) is 2.20. The van der Waals surface area contributed by atoms with E-state index >= 15 is 0 Å². The van der Waals surface area contributed by atoms with Crippen molar-refractivity contribution in [2.75, 3.05) is 6.61 Å². The molecule has 0 spiro atoms. The van der Waals surface area contributed by atoms with Crippen LogP contribution in [-0.2, 0) is 6.42 Å². The molecule has 0 fully saturated rings. The summed E-state index contributed by atoms with van der Waals surface area (Å²) in [5.41, 5.74) is 0.852. The fourth-order valence-electron chi connectivity index (χ4n) is 2.20. The van der Waals surface area contributed by atoms with Crippen LogP contribution in [0.5, 0.6) is 5.75 Å². The molecule has 0 saturated heterocycles. The van der Waals surface area contributed by atoms with Crippen LogP contribution in [0.3, 0.4) is 0 Å². The lowest BCUT2D eigenvalue weighted by Crippen LogP contribution is -2.02. The summed E-state index contributed by atoms with van der Waals surface area (Å²) in [6.45, 7) is 0.327. The van der Waals surface area contributed by atoms with Crippen LogP contribution in [0.4, 0.5) is 5.69 Å². The first-order valence-corrected chi connectivity index (χ1v) is 7.48. The molecule has 0 unspecified atom stereocenters. The van der Waals surface area contributed by atoms with Gasteiger partial charge in [0.15, 0.2) is 5.75 Å². The van der Waals surface area contributed by atoms with E-state index in [-0.39, 0.29) is 11.4 Å². The lowest BCUT2D eigenvalue weighted by molar-refractivity contribution is -0.385. The van der Waals surface area contributed by atoms with Crippen molar-refractivity contribution in [1.29, 1.82) is 0 Å². The van der Waals surface area contributed by atoms with Crippen LogP contribution in [0.25, 0.3) is 11.4 Å². The predicted molar refractivity (Wildman–Crippen MR) is 86.6 cm³/mol. The van der Waals surface area contributed by atoms with E-state index in [0.29, 0.717) is 31.2 Å². The monoisotopic (exact) mass is 325 g/mol. The summed E-state index contributed by atoms with van der Waals surface area (Å²) in [5.74, 6) is 1.32. The summed E-state index contributed by atoms with van der Waals surface area (Å²) in [6.07, 6.45) is 1.16. The standard InChI is InChI=1S/C17H15N3O4/c21-20(22)14-9-4-5-10-15(14)23-12-6-11-16-18-17(19-24-16)13-7-2-1-3-8-13/h1-5,7-10H,6,11-12H2. The van der Waals surface area contributed by atoms with E-state index in [0.717, 1.165) is 5.56 Å². The number of hydrogen-bond donors (Lipinski definition) is 0. The highest BCUT2D eigenvalue weighted by molar-refractivity contribution is 5.53. The Labute approximate surface area is 138 Å². The molecule has 0 atom stereocenters. The first-order chi connectivity index (χ1) is 11.7. The summed E-state index contributed by atoms with van der Waals surface area (Å²) in [4.78, 5) is 14.8. The molecule has 7 heteroatoms. The zero-order chi connectivity index (χ0) is 16.8. The van der Waals surface area contributed by atoms with E-state index in [1.54, 1.807) is 18.2 Å². The number of nitrogens with zero attached hydrogens (tertiary/aromatic N) is 3. The third kappa shape index (κ3) is 3.75. The van der Waals surface area contributed by atoms with E-state index in [1.807, 2.05) is 30.3 Å². The molecule has 3 aromatic rings. The molecule has 7 nitrogen and oxygen atoms in total. The topological polar surface area (TPSA) is 91.3 Å². The molecule has 1 heterocycles. The van der Waals surface area contributed by atoms with Gasteiger partial charge in [0.05, 0.1) is 11.5 Å². The minimum Gasteiger partial charge on any atom is -0.487 e. The minimum absolute atomic E-state index is 0.0401. The number of para-hydroxylation sites is 2. The number of benzene rings is 2. The highest BCUT2D eigenvalue weighted by Crippen LogP contribution is 2.26. The maximum Gasteiger partial charge on any atom is 0.310 e. The van der Waals surface area contributed by atoms with Crippen molar-refractivity contribution < 1.29 is 14.2 Å². The highest BCUT2D eigenvalue weighted by atomic mass is 16.6. The van der Waals surface area contributed by atoms with Crippen LogP contribution in [0.15, 0.2) is 59.1 Å². The van der Waals surface area contributed by atoms with Gasteiger partial charge in [-0.3, -0.25) is 10.1 Å². The fraction of sp³-hybridized carbons (Fsp3) is 0.176. The number of aromatic nitrogens is 2. The van der Waals surface area contributed by atoms with Gasteiger partial charge in [0.25, 0.3) is 0 Å². The minimum atomic E-state index is -0.459. The van der Waals surface area contributed by atoms with Crippen LogP contribution >= 0.6 is 0 Å². The van der Waals surface area contributed by atoms with Crippen LogP contribution in [0.2, 0.25) is 0 Å². The average molecular weight is 325 g/mol. The molecule has 0 N–H and O–H groups in total. The number of ether oxygens (including phenoxy) is 1. The van der Waals surface area contributed by atoms with Gasteiger partial charge in [-0.05, 0) is 12.5 Å². The molecule has 1 aromatic heterocycles. The van der Waals surface area contributed by atoms with Gasteiger partial charge in [-0.25, -0.2) is 0 Å². The van der Waals surface area contributed by atoms with Gasteiger partial charge in [-0.15, -0.1) is 0 Å². The summed E-state index contributed by atoms with van der Waals surface area (Å²) < 4.78 is 10.7. The first-order valence-electron chi connectivity index (χ1n) is 7.48. The van der Waals surface area contributed by atoms with E-state index in [9.17, 15) is 10.1 Å². The van der Waals surface area contributed by atoms with Gasteiger partial charge >= 0.3 is 5.69 Å². The van der Waals surface area contributed by atoms with Crippen molar-refractivity contribution in [2.45, 2.75) is 12.8 Å². The predicted octanol–water partition coefficient (Wildman–Crippen LogP) is 3.66. The number of hydrogen-bond acceptors (Lipinski definition) is 6. The molecule has 0 amide bonds. The Hall–Kier alpha value is -3.22. The molecular weight excluding hydrogens is 310 g/mol. The quantitative estimate of drug-likeness (QED) is 0.374. The maximum absolute atomic E-state index is 10.9. The van der Waals surface area contributed by atoms with E-state index < -0.39 is 4.92 Å². The second-order valence-electron chi connectivity index (χ2n) is 5.05. The maximum atomic E-state index is 10.9. The zero-order valence-electron chi connectivity index (χ0n) is 12.8. The Morgan fingerprint density at radius 1 is 1.08 bits per heavy atom. The summed E-state index contributed by atoms with van der Waals surface area (Å²) in [7, 11) is 0. The van der Waals surface area contributed by atoms with Gasteiger partial charge in [0, 0.05) is 18.1 Å². The van der Waals surface area contributed by atoms with E-state index in [1.165, 1.54) is 6.07 Å². The Morgan fingerprint density at radius 3 is 2.62 bits per heavy atom. The van der Waals surface area contributed by atoms with Crippen LogP contribution < -0.4 is 4.74 Å². The molecule has 0 aliphatic heterocycles. The van der Waals surface area contributed by atoms with E-state index in [4.69, 9.17) is 9.26 Å². The Balaban J connectivity index is 1.53. The first kappa shape index (κ1) is 15.7. The van der Waals surface area contributed by atoms with Gasteiger partial charge in [-0.2, -0.15) is 4.98 Å². The van der Waals surface area contributed by atoms with Gasteiger partial charge in [0.1, 0.15) is 0 Å². The summed E-state index contributed by atoms with van der Waals surface area (Å²) in [5, 5.41) is 14.9.